The molecule has 1 aromatic carbocycles. The van der Waals surface area contributed by atoms with Crippen molar-refractivity contribution in [2.75, 3.05) is 0 Å². The Kier molecular flexibility index (Phi) is 3.97. The fourth-order valence-electron chi connectivity index (χ4n) is 1.36. The lowest BCUT2D eigenvalue weighted by Crippen LogP contribution is -1.92. The molecule has 0 unspecified atom stereocenters. The summed E-state index contributed by atoms with van der Waals surface area (Å²) in [6.07, 6.45) is 1.48. The molecule has 3 nitrogen and oxygen atoms in total. The third-order valence-electron chi connectivity index (χ3n) is 2.31. The van der Waals surface area contributed by atoms with Gasteiger partial charge in [0.1, 0.15) is 11.8 Å². The maximum Gasteiger partial charge on any atom is 0.133 e. The molecule has 0 bridgehead atoms. The number of hydrogen-bond acceptors (Lipinski definition) is 3. The highest BCUT2D eigenvalue weighted by Gasteiger charge is 2.04. The second-order valence-electron chi connectivity index (χ2n) is 3.43. The van der Waals surface area contributed by atoms with Crippen LogP contribution >= 0.6 is 0 Å². The molecule has 0 N–H and O–H groups in total. The number of nitriles is 2. The Labute approximate surface area is 101 Å². The van der Waals surface area contributed by atoms with Crippen LogP contribution < -0.4 is 0 Å². The zero-order chi connectivity index (χ0) is 12.8. The molecule has 0 heterocycles. The molecule has 0 spiro atoms. The van der Waals surface area contributed by atoms with E-state index in [9.17, 15) is 0 Å². The molecule has 0 aliphatic heterocycles. The molecular formula is C14H11N3. The van der Waals surface area contributed by atoms with E-state index in [0.29, 0.717) is 11.1 Å². The number of allylic oxidation sites excluding steroid dienone is 2. The van der Waals surface area contributed by atoms with Crippen LogP contribution in [0, 0.1) is 29.6 Å². The minimum atomic E-state index is 0.125. The van der Waals surface area contributed by atoms with Crippen molar-refractivity contribution in [2.24, 2.45) is 4.99 Å². The second kappa shape index (κ2) is 5.44. The smallest absolute Gasteiger partial charge is 0.133 e. The van der Waals surface area contributed by atoms with Crippen molar-refractivity contribution >= 4 is 11.8 Å². The van der Waals surface area contributed by atoms with Crippen LogP contribution in [0.1, 0.15) is 16.7 Å². The molecule has 0 radical (unpaired) electrons. The minimum Gasteiger partial charge on any atom is -0.246 e. The van der Waals surface area contributed by atoms with Crippen molar-refractivity contribution < 1.29 is 0 Å². The van der Waals surface area contributed by atoms with E-state index in [1.165, 1.54) is 6.21 Å². The highest BCUT2D eigenvalue weighted by atomic mass is 14.7. The van der Waals surface area contributed by atoms with Gasteiger partial charge in [-0.05, 0) is 29.7 Å². The summed E-state index contributed by atoms with van der Waals surface area (Å²) in [6.45, 7) is 9.15. The van der Waals surface area contributed by atoms with Gasteiger partial charge in [0.05, 0.1) is 11.6 Å². The normalized spacial score (nSPS) is 9.59. The van der Waals surface area contributed by atoms with Gasteiger partial charge in [0.25, 0.3) is 0 Å². The van der Waals surface area contributed by atoms with Gasteiger partial charge in [-0.3, -0.25) is 0 Å². The summed E-state index contributed by atoms with van der Waals surface area (Å²) in [5.41, 5.74) is 3.08. The summed E-state index contributed by atoms with van der Waals surface area (Å²) in [6, 6.07) is 9.33. The zero-order valence-electron chi connectivity index (χ0n) is 9.57. The first-order valence-electron chi connectivity index (χ1n) is 4.92. The summed E-state index contributed by atoms with van der Waals surface area (Å²) in [7, 11) is 0. The molecule has 0 saturated carbocycles. The van der Waals surface area contributed by atoms with Crippen LogP contribution in [-0.2, 0) is 0 Å². The van der Waals surface area contributed by atoms with E-state index in [2.05, 4.69) is 24.2 Å². The van der Waals surface area contributed by atoms with E-state index < -0.39 is 0 Å². The average Bonchev–Trinajstić information content (AvgIpc) is 2.35. The van der Waals surface area contributed by atoms with Crippen LogP contribution in [-0.4, -0.2) is 6.21 Å². The topological polar surface area (TPSA) is 59.9 Å². The van der Waals surface area contributed by atoms with Gasteiger partial charge in [0.15, 0.2) is 0 Å². The second-order valence-corrected chi connectivity index (χ2v) is 3.43. The highest BCUT2D eigenvalue weighted by molar-refractivity contribution is 6.09. The van der Waals surface area contributed by atoms with Crippen LogP contribution in [0.4, 0.5) is 0 Å². The van der Waals surface area contributed by atoms with Gasteiger partial charge < -0.3 is 0 Å². The molecular weight excluding hydrogens is 210 g/mol. The minimum absolute atomic E-state index is 0.125. The Balaban J connectivity index is 3.08. The van der Waals surface area contributed by atoms with Crippen LogP contribution in [0.15, 0.2) is 42.0 Å². The van der Waals surface area contributed by atoms with Gasteiger partial charge >= 0.3 is 0 Å². The van der Waals surface area contributed by atoms with Gasteiger partial charge in [0, 0.05) is 6.21 Å². The summed E-state index contributed by atoms with van der Waals surface area (Å²) in [5.74, 6) is 0. The monoisotopic (exact) mass is 221 g/mol. The average molecular weight is 221 g/mol. The Morgan fingerprint density at radius 2 is 2.06 bits per heavy atom. The molecule has 0 aliphatic carbocycles. The lowest BCUT2D eigenvalue weighted by atomic mass is 9.98. The van der Waals surface area contributed by atoms with Crippen molar-refractivity contribution in [3.63, 3.8) is 0 Å². The first-order valence-corrected chi connectivity index (χ1v) is 4.92. The van der Waals surface area contributed by atoms with E-state index in [-0.39, 0.29) is 5.70 Å². The van der Waals surface area contributed by atoms with E-state index in [1.807, 2.05) is 19.1 Å². The number of nitrogens with zero attached hydrogens (tertiary/aromatic N) is 3. The lowest BCUT2D eigenvalue weighted by Gasteiger charge is -2.06. The molecule has 0 aliphatic rings. The van der Waals surface area contributed by atoms with Crippen LogP contribution in [0.25, 0.3) is 5.57 Å². The predicted octanol–water partition coefficient (Wildman–Crippen LogP) is 2.99. The van der Waals surface area contributed by atoms with Crippen LogP contribution in [0.3, 0.4) is 0 Å². The molecule has 0 saturated heterocycles. The Hall–Kier alpha value is -2.65. The predicted molar refractivity (Wildman–Crippen MR) is 68.2 cm³/mol. The molecule has 0 atom stereocenters. The van der Waals surface area contributed by atoms with E-state index in [4.69, 9.17) is 10.5 Å². The fourth-order valence-corrected chi connectivity index (χ4v) is 1.36. The summed E-state index contributed by atoms with van der Waals surface area (Å²) < 4.78 is 0. The van der Waals surface area contributed by atoms with Gasteiger partial charge in [-0.2, -0.15) is 10.5 Å². The largest absolute Gasteiger partial charge is 0.246 e. The molecule has 1 aromatic rings. The molecule has 0 fully saturated rings. The third-order valence-corrected chi connectivity index (χ3v) is 2.31. The number of aliphatic imine (C=N–C) groups is 1. The summed E-state index contributed by atoms with van der Waals surface area (Å²) in [5, 5.41) is 17.4. The Morgan fingerprint density at radius 1 is 1.35 bits per heavy atom. The number of hydrogen-bond donors (Lipinski definition) is 0. The van der Waals surface area contributed by atoms with Crippen molar-refractivity contribution in [3.8, 4) is 12.1 Å². The first kappa shape index (κ1) is 12.4. The quantitative estimate of drug-likeness (QED) is 0.582. The van der Waals surface area contributed by atoms with Gasteiger partial charge in [-0.15, -0.1) is 0 Å². The molecule has 3 heteroatoms. The molecule has 82 valence electrons. The lowest BCUT2D eigenvalue weighted by molar-refractivity contribution is 1.37. The number of rotatable bonds is 3. The summed E-state index contributed by atoms with van der Waals surface area (Å²) in [4.78, 5) is 3.85. The van der Waals surface area contributed by atoms with Crippen molar-refractivity contribution in [3.05, 3.63) is 53.7 Å². The summed E-state index contributed by atoms with van der Waals surface area (Å²) >= 11 is 0. The zero-order valence-corrected chi connectivity index (χ0v) is 9.57. The van der Waals surface area contributed by atoms with Crippen molar-refractivity contribution in [2.45, 2.75) is 6.92 Å². The van der Waals surface area contributed by atoms with Gasteiger partial charge in [0.2, 0.25) is 0 Å². The number of benzene rings is 1. The molecule has 0 aromatic heterocycles. The molecule has 0 amide bonds. The maximum atomic E-state index is 8.91. The Morgan fingerprint density at radius 3 is 2.65 bits per heavy atom. The maximum absolute atomic E-state index is 8.91. The van der Waals surface area contributed by atoms with Crippen LogP contribution in [0.2, 0.25) is 0 Å². The van der Waals surface area contributed by atoms with E-state index >= 15 is 0 Å². The van der Waals surface area contributed by atoms with E-state index in [0.717, 1.165) is 11.1 Å². The highest BCUT2D eigenvalue weighted by Crippen LogP contribution is 2.19. The van der Waals surface area contributed by atoms with Crippen molar-refractivity contribution in [1.29, 1.82) is 10.5 Å². The standard InChI is InChI=1S/C14H11N3/c1-10(9-17-11(2)7-15)14-6-4-5-13(8-16)12(14)3/h4-6,9H,1-2H2,3H3/b17-9+. The Bertz CT molecular complexity index is 580. The molecule has 1 rings (SSSR count). The van der Waals surface area contributed by atoms with Crippen LogP contribution in [0.5, 0.6) is 0 Å². The first-order chi connectivity index (χ1) is 8.10. The SMILES string of the molecule is C=C(C#N)/N=C/C(=C)c1cccc(C#N)c1C. The van der Waals surface area contributed by atoms with Crippen molar-refractivity contribution in [1.82, 2.24) is 0 Å². The molecule has 17 heavy (non-hydrogen) atoms. The van der Waals surface area contributed by atoms with Gasteiger partial charge in [-0.25, -0.2) is 4.99 Å². The fraction of sp³-hybridized carbons (Fsp3) is 0.0714. The van der Waals surface area contributed by atoms with E-state index in [1.54, 1.807) is 12.1 Å². The van der Waals surface area contributed by atoms with Gasteiger partial charge in [-0.1, -0.05) is 25.3 Å². The third kappa shape index (κ3) is 2.90.